The Bertz CT molecular complexity index is 267. The van der Waals surface area contributed by atoms with Gasteiger partial charge < -0.3 is 0 Å². The third-order valence-electron chi connectivity index (χ3n) is 2.83. The van der Waals surface area contributed by atoms with Crippen molar-refractivity contribution in [3.8, 4) is 0 Å². The first-order chi connectivity index (χ1) is 5.29. The number of rotatable bonds is 0. The van der Waals surface area contributed by atoms with E-state index in [1.165, 1.54) is 17.5 Å². The normalized spacial score (nSPS) is 28.5. The summed E-state index contributed by atoms with van der Waals surface area (Å²) >= 11 is 0. The lowest BCUT2D eigenvalue weighted by molar-refractivity contribution is 0.532. The lowest BCUT2D eigenvalue weighted by Gasteiger charge is -2.08. The summed E-state index contributed by atoms with van der Waals surface area (Å²) in [5.74, 6) is 1.53. The fourth-order valence-corrected chi connectivity index (χ4v) is 1.88. The van der Waals surface area contributed by atoms with Crippen LogP contribution in [0.2, 0.25) is 0 Å². The van der Waals surface area contributed by atoms with E-state index >= 15 is 0 Å². The van der Waals surface area contributed by atoms with Gasteiger partial charge in [-0.05, 0) is 35.4 Å². The number of hydrogen-bond acceptors (Lipinski definition) is 1. The molecule has 0 N–H and O–H groups in total. The lowest BCUT2D eigenvalue weighted by Crippen LogP contribution is -1.97. The van der Waals surface area contributed by atoms with Crippen molar-refractivity contribution in [2.75, 3.05) is 0 Å². The largest absolute Gasteiger partial charge is 0.264 e. The van der Waals surface area contributed by atoms with Crippen molar-refractivity contribution in [3.05, 3.63) is 29.6 Å². The van der Waals surface area contributed by atoms with Crippen molar-refractivity contribution >= 4 is 0 Å². The molecule has 0 radical (unpaired) electrons. The topological polar surface area (TPSA) is 12.9 Å². The van der Waals surface area contributed by atoms with Gasteiger partial charge in [-0.25, -0.2) is 0 Å². The molecule has 11 heavy (non-hydrogen) atoms. The highest BCUT2D eigenvalue weighted by molar-refractivity contribution is 5.32. The molecular weight excluding hydrogens is 134 g/mol. The minimum Gasteiger partial charge on any atom is -0.264 e. The molecule has 0 fully saturated rings. The molecule has 1 aliphatic carbocycles. The average Bonchev–Trinajstić information content (AvgIpc) is 2.30. The molecule has 1 heterocycles. The Labute approximate surface area is 67.5 Å². The third kappa shape index (κ3) is 0.953. The summed E-state index contributed by atoms with van der Waals surface area (Å²) in [6.45, 7) is 4.61. The van der Waals surface area contributed by atoms with Crippen LogP contribution in [-0.2, 0) is 6.42 Å². The fraction of sp³-hybridized carbons (Fsp3) is 0.500. The van der Waals surface area contributed by atoms with Gasteiger partial charge in [-0.15, -0.1) is 0 Å². The number of hydrogen-bond donors (Lipinski definition) is 0. The van der Waals surface area contributed by atoms with Gasteiger partial charge in [0.05, 0.1) is 0 Å². The third-order valence-corrected chi connectivity index (χ3v) is 2.83. The van der Waals surface area contributed by atoms with E-state index in [-0.39, 0.29) is 0 Å². The first-order valence-corrected chi connectivity index (χ1v) is 4.22. The Morgan fingerprint density at radius 1 is 1.45 bits per heavy atom. The minimum absolute atomic E-state index is 0.730. The van der Waals surface area contributed by atoms with E-state index in [0.717, 1.165) is 11.8 Å². The SMILES string of the molecule is C[C@@H]1Cc2cnccc2[C@@H]1C. The highest BCUT2D eigenvalue weighted by atomic mass is 14.6. The Morgan fingerprint density at radius 2 is 2.27 bits per heavy atom. The summed E-state index contributed by atoms with van der Waals surface area (Å²) in [6.07, 6.45) is 5.12. The smallest absolute Gasteiger partial charge is 0.0302 e. The highest BCUT2D eigenvalue weighted by Crippen LogP contribution is 2.36. The molecule has 1 heteroatoms. The molecule has 0 aliphatic heterocycles. The van der Waals surface area contributed by atoms with E-state index in [2.05, 4.69) is 24.9 Å². The Kier molecular flexibility index (Phi) is 1.45. The van der Waals surface area contributed by atoms with Crippen molar-refractivity contribution in [3.63, 3.8) is 0 Å². The highest BCUT2D eigenvalue weighted by Gasteiger charge is 2.24. The summed E-state index contributed by atoms with van der Waals surface area (Å²) in [5.41, 5.74) is 2.96. The molecule has 58 valence electrons. The predicted octanol–water partition coefficient (Wildman–Crippen LogP) is 2.38. The van der Waals surface area contributed by atoms with Gasteiger partial charge in [0.2, 0.25) is 0 Å². The first kappa shape index (κ1) is 6.84. The standard InChI is InChI=1S/C10H13N/c1-7-5-9-6-11-4-3-10(9)8(7)2/h3-4,6-8H,5H2,1-2H3/t7-,8-/m1/s1. The van der Waals surface area contributed by atoms with Gasteiger partial charge >= 0.3 is 0 Å². The van der Waals surface area contributed by atoms with Crippen LogP contribution < -0.4 is 0 Å². The number of fused-ring (bicyclic) bond motifs is 1. The summed E-state index contributed by atoms with van der Waals surface area (Å²) in [7, 11) is 0. The Morgan fingerprint density at radius 3 is 3.00 bits per heavy atom. The molecule has 0 unspecified atom stereocenters. The number of aromatic nitrogens is 1. The summed E-state index contributed by atoms with van der Waals surface area (Å²) in [5, 5.41) is 0. The monoisotopic (exact) mass is 147 g/mol. The molecule has 1 aromatic rings. The van der Waals surface area contributed by atoms with Gasteiger partial charge in [-0.3, -0.25) is 4.98 Å². The van der Waals surface area contributed by atoms with Crippen LogP contribution in [0, 0.1) is 5.92 Å². The van der Waals surface area contributed by atoms with Gasteiger partial charge in [0, 0.05) is 12.4 Å². The minimum atomic E-state index is 0.730. The van der Waals surface area contributed by atoms with E-state index in [1.807, 2.05) is 12.4 Å². The lowest BCUT2D eigenvalue weighted by atomic mass is 9.97. The maximum Gasteiger partial charge on any atom is 0.0302 e. The van der Waals surface area contributed by atoms with Crippen molar-refractivity contribution in [1.82, 2.24) is 4.98 Å². The van der Waals surface area contributed by atoms with Crippen LogP contribution in [0.1, 0.15) is 30.9 Å². The quantitative estimate of drug-likeness (QED) is 0.549. The maximum atomic E-state index is 4.13. The van der Waals surface area contributed by atoms with E-state index in [4.69, 9.17) is 0 Å². The van der Waals surface area contributed by atoms with Gasteiger partial charge in [0.25, 0.3) is 0 Å². The van der Waals surface area contributed by atoms with Crippen molar-refractivity contribution in [2.45, 2.75) is 26.2 Å². The second-order valence-corrected chi connectivity index (χ2v) is 3.54. The van der Waals surface area contributed by atoms with Crippen LogP contribution in [0.25, 0.3) is 0 Å². The summed E-state index contributed by atoms with van der Waals surface area (Å²) in [4.78, 5) is 4.13. The van der Waals surface area contributed by atoms with Crippen LogP contribution in [0.4, 0.5) is 0 Å². The van der Waals surface area contributed by atoms with Crippen LogP contribution in [0.5, 0.6) is 0 Å². The Balaban J connectivity index is 2.47. The molecule has 2 rings (SSSR count). The average molecular weight is 147 g/mol. The molecule has 0 amide bonds. The summed E-state index contributed by atoms with van der Waals surface area (Å²) in [6, 6.07) is 2.16. The van der Waals surface area contributed by atoms with Gasteiger partial charge in [-0.1, -0.05) is 13.8 Å². The zero-order valence-electron chi connectivity index (χ0n) is 7.04. The maximum absolute atomic E-state index is 4.13. The van der Waals surface area contributed by atoms with E-state index in [1.54, 1.807) is 0 Å². The summed E-state index contributed by atoms with van der Waals surface area (Å²) < 4.78 is 0. The molecule has 1 aliphatic rings. The number of pyridine rings is 1. The second kappa shape index (κ2) is 2.33. The second-order valence-electron chi connectivity index (χ2n) is 3.54. The molecular formula is C10H13N. The van der Waals surface area contributed by atoms with Crippen molar-refractivity contribution in [1.29, 1.82) is 0 Å². The molecule has 1 aromatic heterocycles. The molecule has 0 saturated carbocycles. The van der Waals surface area contributed by atoms with Crippen LogP contribution in [0.3, 0.4) is 0 Å². The zero-order chi connectivity index (χ0) is 7.84. The zero-order valence-corrected chi connectivity index (χ0v) is 7.04. The first-order valence-electron chi connectivity index (χ1n) is 4.22. The van der Waals surface area contributed by atoms with Crippen LogP contribution in [0.15, 0.2) is 18.5 Å². The van der Waals surface area contributed by atoms with E-state index < -0.39 is 0 Å². The van der Waals surface area contributed by atoms with Gasteiger partial charge in [-0.2, -0.15) is 0 Å². The van der Waals surface area contributed by atoms with Crippen molar-refractivity contribution in [2.24, 2.45) is 5.92 Å². The van der Waals surface area contributed by atoms with Gasteiger partial charge in [0.15, 0.2) is 0 Å². The molecule has 2 atom stereocenters. The molecule has 1 nitrogen and oxygen atoms in total. The van der Waals surface area contributed by atoms with Crippen molar-refractivity contribution < 1.29 is 0 Å². The molecule has 0 spiro atoms. The van der Waals surface area contributed by atoms with E-state index in [0.29, 0.717) is 0 Å². The molecule has 0 aromatic carbocycles. The van der Waals surface area contributed by atoms with Gasteiger partial charge in [0.1, 0.15) is 0 Å². The Hall–Kier alpha value is -0.850. The van der Waals surface area contributed by atoms with E-state index in [9.17, 15) is 0 Å². The van der Waals surface area contributed by atoms with Crippen LogP contribution >= 0.6 is 0 Å². The fourth-order valence-electron chi connectivity index (χ4n) is 1.88. The predicted molar refractivity (Wildman–Crippen MR) is 45.5 cm³/mol. The number of nitrogens with zero attached hydrogens (tertiary/aromatic N) is 1. The molecule has 0 bridgehead atoms. The molecule has 0 saturated heterocycles. The van der Waals surface area contributed by atoms with Crippen LogP contribution in [-0.4, -0.2) is 4.98 Å².